The fourth-order valence-corrected chi connectivity index (χ4v) is 3.75. The summed E-state index contributed by atoms with van der Waals surface area (Å²) in [4.78, 5) is 5.04. The SMILES string of the molecule is COc1cc(C)cc(-c2nc3ccccc3c3cc4ccccn4c23)c1. The van der Waals surface area contributed by atoms with Gasteiger partial charge in [0.05, 0.1) is 23.8 Å². The van der Waals surface area contributed by atoms with Gasteiger partial charge in [-0.1, -0.05) is 24.3 Å². The van der Waals surface area contributed by atoms with Crippen LogP contribution in [0.1, 0.15) is 5.56 Å². The van der Waals surface area contributed by atoms with E-state index in [1.807, 2.05) is 12.1 Å². The van der Waals surface area contributed by atoms with Gasteiger partial charge >= 0.3 is 0 Å². The molecule has 0 unspecified atom stereocenters. The summed E-state index contributed by atoms with van der Waals surface area (Å²) in [7, 11) is 1.70. The van der Waals surface area contributed by atoms with Crippen molar-refractivity contribution in [3.05, 3.63) is 78.5 Å². The zero-order valence-corrected chi connectivity index (χ0v) is 14.7. The standard InChI is InChI=1S/C23H18N2O/c1-15-11-16(13-18(12-15)26-2)22-23-20(14-17-7-5-6-10-25(17)23)19-8-3-4-9-21(19)24-22/h3-14H,1-2H3. The third-order valence-corrected chi connectivity index (χ3v) is 4.89. The molecular weight excluding hydrogens is 320 g/mol. The highest BCUT2D eigenvalue weighted by Gasteiger charge is 2.15. The summed E-state index contributed by atoms with van der Waals surface area (Å²) in [5, 5.41) is 2.40. The zero-order valence-electron chi connectivity index (χ0n) is 14.7. The second kappa shape index (κ2) is 5.60. The molecule has 3 aromatic heterocycles. The Labute approximate surface area is 151 Å². The predicted octanol–water partition coefficient (Wildman–Crippen LogP) is 5.62. The molecule has 0 N–H and O–H groups in total. The number of hydrogen-bond donors (Lipinski definition) is 0. The van der Waals surface area contributed by atoms with Crippen LogP contribution in [0.3, 0.4) is 0 Å². The molecule has 26 heavy (non-hydrogen) atoms. The van der Waals surface area contributed by atoms with Crippen LogP contribution in [0, 0.1) is 6.92 Å². The monoisotopic (exact) mass is 338 g/mol. The molecular formula is C23H18N2O. The molecule has 3 nitrogen and oxygen atoms in total. The van der Waals surface area contributed by atoms with E-state index in [9.17, 15) is 0 Å². The topological polar surface area (TPSA) is 26.5 Å². The van der Waals surface area contributed by atoms with Crippen LogP contribution in [0.4, 0.5) is 0 Å². The molecule has 0 fully saturated rings. The number of benzene rings is 2. The summed E-state index contributed by atoms with van der Waals surface area (Å²) in [6, 6.07) is 23.1. The Balaban J connectivity index is 1.99. The van der Waals surface area contributed by atoms with E-state index in [2.05, 4.69) is 72.1 Å². The van der Waals surface area contributed by atoms with Crippen LogP contribution in [0.25, 0.3) is 38.6 Å². The average molecular weight is 338 g/mol. The highest BCUT2D eigenvalue weighted by atomic mass is 16.5. The normalized spacial score (nSPS) is 11.5. The molecule has 3 heterocycles. The number of ether oxygens (including phenoxy) is 1. The van der Waals surface area contributed by atoms with E-state index < -0.39 is 0 Å². The Kier molecular flexibility index (Phi) is 3.22. The summed E-state index contributed by atoms with van der Waals surface area (Å²) in [5.41, 5.74) is 6.51. The fourth-order valence-electron chi connectivity index (χ4n) is 3.75. The Morgan fingerprint density at radius 2 is 1.73 bits per heavy atom. The Morgan fingerprint density at radius 1 is 0.885 bits per heavy atom. The third kappa shape index (κ3) is 2.17. The lowest BCUT2D eigenvalue weighted by Gasteiger charge is -2.11. The van der Waals surface area contributed by atoms with E-state index in [1.165, 1.54) is 16.3 Å². The van der Waals surface area contributed by atoms with Crippen LogP contribution in [-0.4, -0.2) is 16.5 Å². The molecule has 0 aliphatic heterocycles. The molecule has 126 valence electrons. The lowest BCUT2D eigenvalue weighted by molar-refractivity contribution is 0.414. The van der Waals surface area contributed by atoms with Crippen LogP contribution in [0.5, 0.6) is 5.75 Å². The first-order valence-electron chi connectivity index (χ1n) is 8.69. The van der Waals surface area contributed by atoms with Crippen LogP contribution in [0.15, 0.2) is 72.9 Å². The number of hydrogen-bond acceptors (Lipinski definition) is 2. The maximum absolute atomic E-state index is 5.49. The van der Waals surface area contributed by atoms with Crippen molar-refractivity contribution < 1.29 is 4.74 Å². The second-order valence-electron chi connectivity index (χ2n) is 6.62. The van der Waals surface area contributed by atoms with Gasteiger partial charge in [0.1, 0.15) is 5.75 Å². The summed E-state index contributed by atoms with van der Waals surface area (Å²) in [6.07, 6.45) is 2.10. The summed E-state index contributed by atoms with van der Waals surface area (Å²) in [6.45, 7) is 2.08. The Morgan fingerprint density at radius 3 is 2.62 bits per heavy atom. The number of pyridine rings is 2. The van der Waals surface area contributed by atoms with Crippen molar-refractivity contribution in [2.75, 3.05) is 7.11 Å². The molecule has 0 bridgehead atoms. The van der Waals surface area contributed by atoms with Crippen molar-refractivity contribution in [2.45, 2.75) is 6.92 Å². The van der Waals surface area contributed by atoms with Crippen molar-refractivity contribution >= 4 is 27.3 Å². The average Bonchev–Trinajstić information content (AvgIpc) is 3.06. The minimum absolute atomic E-state index is 0.851. The number of aromatic nitrogens is 2. The maximum atomic E-state index is 5.49. The quantitative estimate of drug-likeness (QED) is 0.417. The van der Waals surface area contributed by atoms with Gasteiger partial charge in [-0.3, -0.25) is 0 Å². The molecule has 0 aliphatic rings. The molecule has 5 rings (SSSR count). The lowest BCUT2D eigenvalue weighted by Crippen LogP contribution is -1.93. The molecule has 5 aromatic rings. The van der Waals surface area contributed by atoms with Gasteiger partial charge in [0.2, 0.25) is 0 Å². The predicted molar refractivity (Wildman–Crippen MR) is 107 cm³/mol. The fraction of sp³-hybridized carbons (Fsp3) is 0.0870. The van der Waals surface area contributed by atoms with Crippen molar-refractivity contribution in [3.63, 3.8) is 0 Å². The molecule has 0 saturated heterocycles. The first kappa shape index (κ1) is 15.0. The van der Waals surface area contributed by atoms with E-state index in [-0.39, 0.29) is 0 Å². The minimum Gasteiger partial charge on any atom is -0.497 e. The van der Waals surface area contributed by atoms with E-state index in [0.717, 1.165) is 33.6 Å². The van der Waals surface area contributed by atoms with Gasteiger partial charge in [-0.05, 0) is 55.0 Å². The second-order valence-corrected chi connectivity index (χ2v) is 6.62. The lowest BCUT2D eigenvalue weighted by atomic mass is 10.0. The number of nitrogens with zero attached hydrogens (tertiary/aromatic N) is 2. The van der Waals surface area contributed by atoms with Crippen molar-refractivity contribution in [1.29, 1.82) is 0 Å². The van der Waals surface area contributed by atoms with E-state index >= 15 is 0 Å². The number of aryl methyl sites for hydroxylation is 1. The largest absolute Gasteiger partial charge is 0.497 e. The Hall–Kier alpha value is -3.33. The first-order valence-corrected chi connectivity index (χ1v) is 8.69. The molecule has 0 atom stereocenters. The van der Waals surface area contributed by atoms with Crippen LogP contribution in [-0.2, 0) is 0 Å². The van der Waals surface area contributed by atoms with Gasteiger partial charge in [0, 0.05) is 28.0 Å². The van der Waals surface area contributed by atoms with E-state index in [1.54, 1.807) is 7.11 Å². The summed E-state index contributed by atoms with van der Waals surface area (Å²) >= 11 is 0. The number of para-hydroxylation sites is 1. The minimum atomic E-state index is 0.851. The van der Waals surface area contributed by atoms with E-state index in [0.29, 0.717) is 0 Å². The van der Waals surface area contributed by atoms with Gasteiger partial charge < -0.3 is 9.14 Å². The van der Waals surface area contributed by atoms with Gasteiger partial charge in [0.25, 0.3) is 0 Å². The molecule has 0 radical (unpaired) electrons. The van der Waals surface area contributed by atoms with Gasteiger partial charge in [-0.2, -0.15) is 0 Å². The van der Waals surface area contributed by atoms with Crippen LogP contribution < -0.4 is 4.74 Å². The molecule has 0 aliphatic carbocycles. The van der Waals surface area contributed by atoms with Crippen LogP contribution in [0.2, 0.25) is 0 Å². The van der Waals surface area contributed by atoms with Crippen LogP contribution >= 0.6 is 0 Å². The Bertz CT molecular complexity index is 1280. The van der Waals surface area contributed by atoms with Gasteiger partial charge in [-0.25, -0.2) is 4.98 Å². The summed E-state index contributed by atoms with van der Waals surface area (Å²) < 4.78 is 7.71. The molecule has 0 spiro atoms. The number of fused-ring (bicyclic) bond motifs is 5. The number of rotatable bonds is 2. The molecule has 0 amide bonds. The maximum Gasteiger partial charge on any atom is 0.119 e. The first-order chi connectivity index (χ1) is 12.7. The third-order valence-electron chi connectivity index (χ3n) is 4.89. The van der Waals surface area contributed by atoms with Crippen molar-refractivity contribution in [3.8, 4) is 17.0 Å². The molecule has 0 saturated carbocycles. The van der Waals surface area contributed by atoms with E-state index in [4.69, 9.17) is 9.72 Å². The number of methoxy groups -OCH3 is 1. The highest BCUT2D eigenvalue weighted by Crippen LogP contribution is 2.36. The zero-order chi connectivity index (χ0) is 17.7. The summed E-state index contributed by atoms with van der Waals surface area (Å²) in [5.74, 6) is 0.851. The molecule has 2 aromatic carbocycles. The van der Waals surface area contributed by atoms with Crippen molar-refractivity contribution in [2.24, 2.45) is 0 Å². The van der Waals surface area contributed by atoms with Gasteiger partial charge in [0.15, 0.2) is 0 Å². The molecule has 3 heteroatoms. The van der Waals surface area contributed by atoms with Crippen molar-refractivity contribution in [1.82, 2.24) is 9.38 Å². The van der Waals surface area contributed by atoms with Gasteiger partial charge in [-0.15, -0.1) is 0 Å². The highest BCUT2D eigenvalue weighted by molar-refractivity contribution is 6.12. The smallest absolute Gasteiger partial charge is 0.119 e.